The Balaban J connectivity index is 1.61. The van der Waals surface area contributed by atoms with Crippen LogP contribution in [0.25, 0.3) is 0 Å². The number of benzene rings is 2. The molecule has 4 atom stereocenters. The molecule has 0 bridgehead atoms. The first-order valence-corrected chi connectivity index (χ1v) is 11.3. The molecule has 35 heavy (non-hydrogen) atoms. The van der Waals surface area contributed by atoms with E-state index in [0.29, 0.717) is 18.4 Å². The van der Waals surface area contributed by atoms with Crippen LogP contribution in [0.5, 0.6) is 0 Å². The normalized spacial score (nSPS) is 21.1. The van der Waals surface area contributed by atoms with Crippen LogP contribution < -0.4 is 5.32 Å². The Hall–Kier alpha value is -3.11. The minimum atomic E-state index is -5.02. The van der Waals surface area contributed by atoms with Gasteiger partial charge in [0.25, 0.3) is 0 Å². The van der Waals surface area contributed by atoms with Crippen molar-refractivity contribution in [1.82, 2.24) is 10.2 Å². The highest BCUT2D eigenvalue weighted by molar-refractivity contribution is 5.82. The van der Waals surface area contributed by atoms with Crippen molar-refractivity contribution < 1.29 is 37.0 Å². The van der Waals surface area contributed by atoms with Gasteiger partial charge in [0.1, 0.15) is 6.61 Å². The van der Waals surface area contributed by atoms with E-state index < -0.39 is 42.7 Å². The van der Waals surface area contributed by atoms with Crippen LogP contribution in [0.15, 0.2) is 60.7 Å². The molecule has 2 aromatic carbocycles. The van der Waals surface area contributed by atoms with Gasteiger partial charge in [0.2, 0.25) is 0 Å². The second kappa shape index (κ2) is 12.0. The molecule has 1 aliphatic heterocycles. The summed E-state index contributed by atoms with van der Waals surface area (Å²) in [5.41, 5.74) is 1.40. The van der Waals surface area contributed by atoms with Crippen LogP contribution in [0.3, 0.4) is 0 Å². The first-order valence-electron chi connectivity index (χ1n) is 11.3. The first kappa shape index (κ1) is 26.5. The number of hydrogen-bond acceptors (Lipinski definition) is 5. The van der Waals surface area contributed by atoms with Crippen molar-refractivity contribution in [3.8, 4) is 0 Å². The first-order chi connectivity index (χ1) is 16.7. The summed E-state index contributed by atoms with van der Waals surface area (Å²) in [6, 6.07) is 16.3. The van der Waals surface area contributed by atoms with Gasteiger partial charge < -0.3 is 24.4 Å². The van der Waals surface area contributed by atoms with Gasteiger partial charge in [-0.25, -0.2) is 4.79 Å². The number of methoxy groups -OCH3 is 1. The Morgan fingerprint density at radius 2 is 1.71 bits per heavy atom. The zero-order valence-electron chi connectivity index (χ0n) is 19.5. The minimum Gasteiger partial charge on any atom is -0.445 e. The number of rotatable bonds is 8. The second-order valence-corrected chi connectivity index (χ2v) is 8.29. The van der Waals surface area contributed by atoms with Crippen molar-refractivity contribution in [2.75, 3.05) is 13.7 Å². The molecular weight excluding hydrogens is 465 g/mol. The molecular formula is C25H29F3N2O5. The summed E-state index contributed by atoms with van der Waals surface area (Å²) in [4.78, 5) is 25.2. The van der Waals surface area contributed by atoms with Crippen molar-refractivity contribution >= 4 is 12.0 Å². The van der Waals surface area contributed by atoms with Crippen LogP contribution in [0, 0.1) is 0 Å². The predicted molar refractivity (Wildman–Crippen MR) is 121 cm³/mol. The fourth-order valence-electron chi connectivity index (χ4n) is 3.98. The average molecular weight is 495 g/mol. The van der Waals surface area contributed by atoms with Gasteiger partial charge in [0.15, 0.2) is 6.29 Å². The van der Waals surface area contributed by atoms with Gasteiger partial charge in [0, 0.05) is 13.7 Å². The molecule has 0 aromatic heterocycles. The molecule has 2 aromatic rings. The number of carbonyl (C=O) groups excluding carboxylic acids is 2. The van der Waals surface area contributed by atoms with Gasteiger partial charge >= 0.3 is 18.2 Å². The van der Waals surface area contributed by atoms with Gasteiger partial charge in [-0.3, -0.25) is 4.79 Å². The van der Waals surface area contributed by atoms with Gasteiger partial charge in [-0.15, -0.1) is 0 Å². The standard InChI is InChI=1S/C25H29F3N2O5/c1-17(19-11-7-4-8-12-19)30(23(31)25(26,27)28)15-20-13-14-21(22(33-2)35-20)29-24(32)34-16-18-9-5-3-6-10-18/h3-12,17,20-22H,13-16H2,1-2H3,(H,29,32)/t17-,20+,21-,22+/m1/s1. The Morgan fingerprint density at radius 3 is 2.31 bits per heavy atom. The van der Waals surface area contributed by atoms with Crippen LogP contribution in [-0.4, -0.2) is 55.2 Å². The quantitative estimate of drug-likeness (QED) is 0.581. The van der Waals surface area contributed by atoms with Crippen molar-refractivity contribution in [3.63, 3.8) is 0 Å². The highest BCUT2D eigenvalue weighted by Gasteiger charge is 2.45. The number of ether oxygens (including phenoxy) is 3. The topological polar surface area (TPSA) is 77.1 Å². The number of hydrogen-bond donors (Lipinski definition) is 1. The SMILES string of the molecule is CO[C@H]1O[C@H](CN(C(=O)C(F)(F)F)[C@H](C)c2ccccc2)CC[C@H]1NC(=O)OCc1ccccc1. The van der Waals surface area contributed by atoms with Crippen LogP contribution >= 0.6 is 0 Å². The van der Waals surface area contributed by atoms with Crippen molar-refractivity contribution in [1.29, 1.82) is 0 Å². The van der Waals surface area contributed by atoms with Gasteiger partial charge in [-0.1, -0.05) is 60.7 Å². The maximum Gasteiger partial charge on any atom is 0.471 e. The van der Waals surface area contributed by atoms with E-state index in [1.54, 1.807) is 37.3 Å². The zero-order chi connectivity index (χ0) is 25.4. The Bertz CT molecular complexity index is 959. The molecule has 0 saturated carbocycles. The molecule has 0 radical (unpaired) electrons. The van der Waals surface area contributed by atoms with Crippen LogP contribution in [0.4, 0.5) is 18.0 Å². The molecule has 1 N–H and O–H groups in total. The lowest BCUT2D eigenvalue weighted by atomic mass is 10.0. The molecule has 0 unspecified atom stereocenters. The van der Waals surface area contributed by atoms with Gasteiger partial charge in [-0.2, -0.15) is 13.2 Å². The predicted octanol–water partition coefficient (Wildman–Crippen LogP) is 4.59. The number of halogens is 3. The molecule has 1 heterocycles. The highest BCUT2D eigenvalue weighted by Crippen LogP contribution is 2.30. The van der Waals surface area contributed by atoms with E-state index in [-0.39, 0.29) is 13.2 Å². The van der Waals surface area contributed by atoms with Gasteiger partial charge in [0.05, 0.1) is 18.2 Å². The van der Waals surface area contributed by atoms with E-state index in [9.17, 15) is 22.8 Å². The number of alkyl halides is 3. The zero-order valence-corrected chi connectivity index (χ0v) is 19.5. The fraction of sp³-hybridized carbons (Fsp3) is 0.440. The molecule has 10 heteroatoms. The van der Waals surface area contributed by atoms with E-state index >= 15 is 0 Å². The number of carbonyl (C=O) groups is 2. The smallest absolute Gasteiger partial charge is 0.445 e. The molecule has 2 amide bonds. The van der Waals surface area contributed by atoms with E-state index in [1.807, 2.05) is 30.3 Å². The number of amides is 2. The summed E-state index contributed by atoms with van der Waals surface area (Å²) in [6.07, 6.45) is -6.62. The molecule has 1 fully saturated rings. The van der Waals surface area contributed by atoms with Crippen molar-refractivity contribution in [2.45, 2.75) is 57.0 Å². The van der Waals surface area contributed by atoms with Crippen LogP contribution in [0.2, 0.25) is 0 Å². The third-order valence-electron chi connectivity index (χ3n) is 5.86. The van der Waals surface area contributed by atoms with E-state index in [4.69, 9.17) is 14.2 Å². The molecule has 190 valence electrons. The fourth-order valence-corrected chi connectivity index (χ4v) is 3.98. The lowest BCUT2D eigenvalue weighted by molar-refractivity contribution is -0.208. The van der Waals surface area contributed by atoms with E-state index in [2.05, 4.69) is 5.32 Å². The number of nitrogens with zero attached hydrogens (tertiary/aromatic N) is 1. The summed E-state index contributed by atoms with van der Waals surface area (Å²) in [6.45, 7) is 1.36. The summed E-state index contributed by atoms with van der Waals surface area (Å²) < 4.78 is 56.5. The summed E-state index contributed by atoms with van der Waals surface area (Å²) in [5.74, 6) is -1.93. The van der Waals surface area contributed by atoms with Gasteiger partial charge in [-0.05, 0) is 30.9 Å². The summed E-state index contributed by atoms with van der Waals surface area (Å²) in [5, 5.41) is 2.69. The Morgan fingerprint density at radius 1 is 1.09 bits per heavy atom. The number of alkyl carbamates (subject to hydrolysis) is 1. The lowest BCUT2D eigenvalue weighted by Crippen LogP contribution is -2.53. The van der Waals surface area contributed by atoms with Crippen LogP contribution in [0.1, 0.15) is 36.9 Å². The minimum absolute atomic E-state index is 0.0897. The Kier molecular flexibility index (Phi) is 9.11. The summed E-state index contributed by atoms with van der Waals surface area (Å²) >= 11 is 0. The third kappa shape index (κ3) is 7.43. The molecule has 1 saturated heterocycles. The van der Waals surface area contributed by atoms with E-state index in [1.165, 1.54) is 7.11 Å². The van der Waals surface area contributed by atoms with Crippen LogP contribution in [-0.2, 0) is 25.6 Å². The highest BCUT2D eigenvalue weighted by atomic mass is 19.4. The monoisotopic (exact) mass is 494 g/mol. The molecule has 1 aliphatic rings. The Labute approximate surface area is 202 Å². The second-order valence-electron chi connectivity index (χ2n) is 8.29. The maximum atomic E-state index is 13.4. The summed E-state index contributed by atoms with van der Waals surface area (Å²) in [7, 11) is 1.38. The van der Waals surface area contributed by atoms with Crippen molar-refractivity contribution in [2.24, 2.45) is 0 Å². The lowest BCUT2D eigenvalue weighted by Gasteiger charge is -2.39. The molecule has 0 aliphatic carbocycles. The number of nitrogens with one attached hydrogen (secondary N) is 1. The maximum absolute atomic E-state index is 13.4. The molecule has 3 rings (SSSR count). The van der Waals surface area contributed by atoms with Crippen molar-refractivity contribution in [3.05, 3.63) is 71.8 Å². The molecule has 0 spiro atoms. The van der Waals surface area contributed by atoms with E-state index in [0.717, 1.165) is 10.5 Å². The molecule has 7 nitrogen and oxygen atoms in total. The third-order valence-corrected chi connectivity index (χ3v) is 5.86. The largest absolute Gasteiger partial charge is 0.471 e. The average Bonchev–Trinajstić information content (AvgIpc) is 2.86.